The molecule has 0 spiro atoms. The molecule has 0 radical (unpaired) electrons. The normalized spacial score (nSPS) is 15.3. The van der Waals surface area contributed by atoms with E-state index in [1.165, 1.54) is 37.3 Å². The second kappa shape index (κ2) is 10.0. The quantitative estimate of drug-likeness (QED) is 0.142. The van der Waals surface area contributed by atoms with Crippen LogP contribution in [0.2, 0.25) is 0 Å². The third-order valence-corrected chi connectivity index (χ3v) is 7.71. The average Bonchev–Trinajstić information content (AvgIpc) is 3.49. The van der Waals surface area contributed by atoms with E-state index in [9.17, 15) is 29.6 Å². The summed E-state index contributed by atoms with van der Waals surface area (Å²) in [5, 5.41) is 23.4. The molecule has 3 heterocycles. The lowest BCUT2D eigenvalue weighted by Crippen LogP contribution is -2.31. The van der Waals surface area contributed by atoms with E-state index < -0.39 is 34.4 Å². The van der Waals surface area contributed by atoms with Crippen molar-refractivity contribution >= 4 is 51.2 Å². The summed E-state index contributed by atoms with van der Waals surface area (Å²) >= 11 is 1.89. The van der Waals surface area contributed by atoms with E-state index >= 15 is 0 Å². The number of ketones is 1. The van der Waals surface area contributed by atoms with Crippen LogP contribution in [0.5, 0.6) is 0 Å². The maximum Gasteiger partial charge on any atom is 0.350 e. The Balaban J connectivity index is 1.91. The number of aryl methyl sites for hydroxylation is 3. The number of carbonyl (C=O) groups excluding carboxylic acids is 3. The number of hydrogen-bond donors (Lipinski definition) is 1. The van der Waals surface area contributed by atoms with Gasteiger partial charge in [-0.15, -0.1) is 11.3 Å². The molecule has 1 N–H and O–H groups in total. The number of aromatic nitrogens is 2. The van der Waals surface area contributed by atoms with E-state index in [1.54, 1.807) is 13.8 Å². The highest BCUT2D eigenvalue weighted by atomic mass is 32.1. The van der Waals surface area contributed by atoms with Gasteiger partial charge in [-0.25, -0.2) is 14.8 Å². The van der Waals surface area contributed by atoms with E-state index in [0.717, 1.165) is 27.6 Å². The first-order valence-electron chi connectivity index (χ1n) is 10.8. The van der Waals surface area contributed by atoms with Gasteiger partial charge in [-0.1, -0.05) is 36.1 Å². The average molecular weight is 541 g/mol. The number of carbonyl (C=O) groups is 3. The second-order valence-electron chi connectivity index (χ2n) is 7.93. The number of hydrogen-bond acceptors (Lipinski definition) is 11. The molecule has 190 valence electrons. The van der Waals surface area contributed by atoms with E-state index in [-0.39, 0.29) is 44.0 Å². The molecule has 4 rings (SSSR count). The zero-order valence-electron chi connectivity index (χ0n) is 19.9. The smallest absolute Gasteiger partial charge is 0.350 e. The SMILES string of the molecule is C=CCOC(=O)c1sc(N2C(=O)C(O)=C(C(=O)c3sc(C)nc3C)C2c2ccccc2[N+](=O)[O-])nc1C. The minimum Gasteiger partial charge on any atom is -0.503 e. The fourth-order valence-electron chi connectivity index (χ4n) is 3.95. The van der Waals surface area contributed by atoms with Gasteiger partial charge in [-0.05, 0) is 26.8 Å². The Bertz CT molecular complexity index is 1500. The lowest BCUT2D eigenvalue weighted by atomic mass is 9.94. The molecule has 0 aliphatic carbocycles. The first-order valence-corrected chi connectivity index (χ1v) is 12.4. The minimum atomic E-state index is -1.38. The molecular weight excluding hydrogens is 520 g/mol. The van der Waals surface area contributed by atoms with Gasteiger partial charge in [-0.3, -0.25) is 24.6 Å². The third kappa shape index (κ3) is 4.54. The molecule has 0 fully saturated rings. The number of thiazole rings is 2. The van der Waals surface area contributed by atoms with Gasteiger partial charge in [0, 0.05) is 6.07 Å². The van der Waals surface area contributed by atoms with Crippen LogP contribution in [0, 0.1) is 30.9 Å². The largest absolute Gasteiger partial charge is 0.503 e. The van der Waals surface area contributed by atoms with Gasteiger partial charge < -0.3 is 9.84 Å². The van der Waals surface area contributed by atoms with Crippen molar-refractivity contribution in [2.45, 2.75) is 26.8 Å². The number of nitro benzene ring substituents is 1. The van der Waals surface area contributed by atoms with Gasteiger partial charge in [0.2, 0.25) is 5.78 Å². The molecule has 13 heteroatoms. The van der Waals surface area contributed by atoms with Gasteiger partial charge in [-0.2, -0.15) is 0 Å². The monoisotopic (exact) mass is 540 g/mol. The summed E-state index contributed by atoms with van der Waals surface area (Å²) in [6, 6.07) is 4.23. The fourth-order valence-corrected chi connectivity index (χ4v) is 5.81. The van der Waals surface area contributed by atoms with Crippen LogP contribution in [0.3, 0.4) is 0 Å². The van der Waals surface area contributed by atoms with Crippen molar-refractivity contribution in [2.24, 2.45) is 0 Å². The number of benzene rings is 1. The molecule has 0 bridgehead atoms. The van der Waals surface area contributed by atoms with Gasteiger partial charge in [0.15, 0.2) is 10.9 Å². The number of aliphatic hydroxyl groups is 1. The molecule has 1 atom stereocenters. The van der Waals surface area contributed by atoms with Crippen LogP contribution in [0.25, 0.3) is 0 Å². The van der Waals surface area contributed by atoms with Crippen LogP contribution >= 0.6 is 22.7 Å². The fraction of sp³-hybridized carbons (Fsp3) is 0.208. The highest BCUT2D eigenvalue weighted by Gasteiger charge is 2.48. The molecule has 11 nitrogen and oxygen atoms in total. The summed E-state index contributed by atoms with van der Waals surface area (Å²) in [4.78, 5) is 60.6. The maximum atomic E-state index is 13.7. The number of amides is 1. The summed E-state index contributed by atoms with van der Waals surface area (Å²) in [5.41, 5.74) is -0.0550. The van der Waals surface area contributed by atoms with E-state index in [0.29, 0.717) is 10.7 Å². The van der Waals surface area contributed by atoms with Crippen molar-refractivity contribution in [3.05, 3.63) is 90.1 Å². The molecule has 1 amide bonds. The number of aliphatic hydroxyl groups excluding tert-OH is 1. The summed E-state index contributed by atoms with van der Waals surface area (Å²) in [7, 11) is 0. The van der Waals surface area contributed by atoms with Gasteiger partial charge in [0.05, 0.1) is 37.3 Å². The number of Topliss-reactive ketones (excluding diaryl/α,β-unsaturated/α-hetero) is 1. The number of para-hydroxylation sites is 1. The maximum absolute atomic E-state index is 13.7. The highest BCUT2D eigenvalue weighted by molar-refractivity contribution is 7.17. The van der Waals surface area contributed by atoms with Crippen LogP contribution in [0.4, 0.5) is 10.8 Å². The first-order chi connectivity index (χ1) is 17.6. The number of esters is 1. The molecule has 0 saturated carbocycles. The molecule has 1 aliphatic rings. The Kier molecular flexibility index (Phi) is 7.01. The van der Waals surface area contributed by atoms with Crippen LogP contribution < -0.4 is 4.90 Å². The van der Waals surface area contributed by atoms with E-state index in [4.69, 9.17) is 4.74 Å². The summed E-state index contributed by atoms with van der Waals surface area (Å²) < 4.78 is 5.08. The molecular formula is C24H20N4O7S2. The number of ether oxygens (including phenoxy) is 1. The van der Waals surface area contributed by atoms with Crippen molar-refractivity contribution in [1.82, 2.24) is 9.97 Å². The van der Waals surface area contributed by atoms with Gasteiger partial charge in [0.1, 0.15) is 17.5 Å². The third-order valence-electron chi connectivity index (χ3n) is 5.50. The van der Waals surface area contributed by atoms with Crippen molar-refractivity contribution in [3.8, 4) is 0 Å². The van der Waals surface area contributed by atoms with Crippen molar-refractivity contribution in [1.29, 1.82) is 0 Å². The van der Waals surface area contributed by atoms with E-state index in [2.05, 4.69) is 16.5 Å². The van der Waals surface area contributed by atoms with Gasteiger partial charge >= 0.3 is 5.97 Å². The lowest BCUT2D eigenvalue weighted by Gasteiger charge is -2.24. The second-order valence-corrected chi connectivity index (χ2v) is 10.1. The van der Waals surface area contributed by atoms with E-state index in [1.807, 2.05) is 0 Å². The van der Waals surface area contributed by atoms with Crippen molar-refractivity contribution in [3.63, 3.8) is 0 Å². The van der Waals surface area contributed by atoms with Crippen molar-refractivity contribution in [2.75, 3.05) is 11.5 Å². The van der Waals surface area contributed by atoms with Gasteiger partial charge in [0.25, 0.3) is 11.6 Å². The summed E-state index contributed by atoms with van der Waals surface area (Å²) in [5.74, 6) is -3.22. The first kappa shape index (κ1) is 25.9. The van der Waals surface area contributed by atoms with Crippen LogP contribution in [0.1, 0.15) is 47.3 Å². The predicted molar refractivity (Wildman–Crippen MR) is 136 cm³/mol. The lowest BCUT2D eigenvalue weighted by molar-refractivity contribution is -0.385. The minimum absolute atomic E-state index is 0.00391. The van der Waals surface area contributed by atoms with Crippen molar-refractivity contribution < 1.29 is 29.2 Å². The molecule has 37 heavy (non-hydrogen) atoms. The molecule has 2 aromatic heterocycles. The Morgan fingerprint density at radius 2 is 1.86 bits per heavy atom. The van der Waals surface area contributed by atoms with Crippen LogP contribution in [0.15, 0.2) is 48.3 Å². The highest BCUT2D eigenvalue weighted by Crippen LogP contribution is 2.46. The Morgan fingerprint density at radius 1 is 1.19 bits per heavy atom. The zero-order chi connectivity index (χ0) is 27.0. The topological polar surface area (TPSA) is 153 Å². The number of nitrogens with zero attached hydrogens (tertiary/aromatic N) is 4. The predicted octanol–water partition coefficient (Wildman–Crippen LogP) is 4.56. The zero-order valence-corrected chi connectivity index (χ0v) is 21.5. The molecule has 3 aromatic rings. The number of nitro groups is 1. The van der Waals surface area contributed by atoms with Crippen LogP contribution in [-0.4, -0.2) is 44.3 Å². The number of rotatable bonds is 8. The molecule has 0 saturated heterocycles. The molecule has 1 aromatic carbocycles. The molecule has 1 aliphatic heterocycles. The number of anilines is 1. The molecule has 1 unspecified atom stereocenters. The van der Waals surface area contributed by atoms with Crippen LogP contribution in [-0.2, 0) is 9.53 Å². The Hall–Kier alpha value is -4.23. The summed E-state index contributed by atoms with van der Waals surface area (Å²) in [6.07, 6.45) is 1.40. The Morgan fingerprint density at radius 3 is 2.49 bits per heavy atom. The standard InChI is InChI=1S/C24H20N4O7S2/c1-5-10-35-23(32)21-12(3)26-24(37-21)27-17(14-8-6-7-9-15(14)28(33)34)16(19(30)22(27)31)18(29)20-11(2)25-13(4)36-20/h5-9,17,30H,1,10H2,2-4H3. The summed E-state index contributed by atoms with van der Waals surface area (Å²) in [6.45, 7) is 8.32. The Labute approximate surface area is 218 Å².